The molecule has 10 heteroatoms. The predicted octanol–water partition coefficient (Wildman–Crippen LogP) is 8.20. The maximum Gasteiger partial charge on any atom is 0.224 e. The number of methoxy groups -OCH3 is 1. The van der Waals surface area contributed by atoms with Crippen LogP contribution >= 0.6 is 11.8 Å². The highest BCUT2D eigenvalue weighted by molar-refractivity contribution is 7.99. The number of nitrogens with two attached hydrogens (primary N) is 1. The van der Waals surface area contributed by atoms with Gasteiger partial charge in [0, 0.05) is 42.0 Å². The van der Waals surface area contributed by atoms with Crippen LogP contribution < -0.4 is 21.1 Å². The van der Waals surface area contributed by atoms with Crippen LogP contribution in [0.15, 0.2) is 126 Å². The SMILES string of the molecule is COc1ccccc1SC[C@H]1C[C@@H](c2ccc(CO)cc2)O[C@@H](c2ccc(-c3cccc(CNC(=O)CCCC(=O)Nc4ccccc4N)c3)cc2)O1. The average molecular weight is 732 g/mol. The number of anilines is 2. The van der Waals surface area contributed by atoms with E-state index in [1.54, 1.807) is 37.1 Å². The number of benzene rings is 5. The summed E-state index contributed by atoms with van der Waals surface area (Å²) in [7, 11) is 1.68. The molecule has 1 aliphatic heterocycles. The van der Waals surface area contributed by atoms with Gasteiger partial charge in [-0.3, -0.25) is 9.59 Å². The third kappa shape index (κ3) is 10.5. The summed E-state index contributed by atoms with van der Waals surface area (Å²) >= 11 is 1.71. The lowest BCUT2D eigenvalue weighted by Gasteiger charge is -2.36. The second-order valence-electron chi connectivity index (χ2n) is 12.9. The average Bonchev–Trinajstić information content (AvgIpc) is 3.20. The van der Waals surface area contributed by atoms with E-state index in [0.29, 0.717) is 30.8 Å². The van der Waals surface area contributed by atoms with Gasteiger partial charge in [-0.2, -0.15) is 0 Å². The number of aliphatic hydroxyl groups excluding tert-OH is 1. The Morgan fingerprint density at radius 3 is 2.32 bits per heavy atom. The van der Waals surface area contributed by atoms with E-state index >= 15 is 0 Å². The number of carbonyl (C=O) groups is 2. The molecule has 0 spiro atoms. The molecule has 1 saturated heterocycles. The van der Waals surface area contributed by atoms with Crippen molar-refractivity contribution in [3.8, 4) is 16.9 Å². The summed E-state index contributed by atoms with van der Waals surface area (Å²) in [5.74, 6) is 1.28. The lowest BCUT2D eigenvalue weighted by atomic mass is 9.99. The molecule has 6 rings (SSSR count). The summed E-state index contributed by atoms with van der Waals surface area (Å²) in [6, 6.07) is 39.3. The number of ether oxygens (including phenoxy) is 3. The van der Waals surface area contributed by atoms with Gasteiger partial charge in [-0.1, -0.05) is 91.0 Å². The van der Waals surface area contributed by atoms with Crippen LogP contribution in [0.4, 0.5) is 11.4 Å². The molecule has 2 amide bonds. The molecule has 274 valence electrons. The molecular weight excluding hydrogens is 687 g/mol. The van der Waals surface area contributed by atoms with Crippen LogP contribution in [-0.2, 0) is 32.2 Å². The second kappa shape index (κ2) is 18.6. The number of hydrogen-bond acceptors (Lipinski definition) is 8. The summed E-state index contributed by atoms with van der Waals surface area (Å²) in [6.45, 7) is 0.379. The molecule has 1 heterocycles. The molecular formula is C43H45N3O6S. The van der Waals surface area contributed by atoms with E-state index in [4.69, 9.17) is 19.9 Å². The molecule has 0 unspecified atom stereocenters. The lowest BCUT2D eigenvalue weighted by Crippen LogP contribution is -2.31. The third-order valence-corrected chi connectivity index (χ3v) is 10.3. The first-order chi connectivity index (χ1) is 25.9. The Morgan fingerprint density at radius 1 is 0.811 bits per heavy atom. The number of amides is 2. The Hall–Kier alpha value is -5.13. The van der Waals surface area contributed by atoms with Gasteiger partial charge in [-0.05, 0) is 64.6 Å². The molecule has 1 fully saturated rings. The Kier molecular flexibility index (Phi) is 13.2. The molecule has 5 aromatic carbocycles. The number of aliphatic hydroxyl groups is 1. The summed E-state index contributed by atoms with van der Waals surface area (Å²) in [4.78, 5) is 25.9. The monoisotopic (exact) mass is 731 g/mol. The van der Waals surface area contributed by atoms with Gasteiger partial charge in [0.15, 0.2) is 6.29 Å². The van der Waals surface area contributed by atoms with Crippen molar-refractivity contribution in [3.63, 3.8) is 0 Å². The number of nitrogens with one attached hydrogen (secondary N) is 2. The Morgan fingerprint density at radius 2 is 1.55 bits per heavy atom. The highest BCUT2D eigenvalue weighted by Crippen LogP contribution is 2.41. The van der Waals surface area contributed by atoms with Crippen molar-refractivity contribution in [2.45, 2.75) is 62.2 Å². The van der Waals surface area contributed by atoms with Gasteiger partial charge >= 0.3 is 0 Å². The quantitative estimate of drug-likeness (QED) is 0.0626. The predicted molar refractivity (Wildman–Crippen MR) is 209 cm³/mol. The highest BCUT2D eigenvalue weighted by Gasteiger charge is 2.32. The van der Waals surface area contributed by atoms with Gasteiger partial charge in [0.1, 0.15) is 5.75 Å². The van der Waals surface area contributed by atoms with Crippen LogP contribution in [0.3, 0.4) is 0 Å². The first-order valence-electron chi connectivity index (χ1n) is 17.7. The molecule has 0 radical (unpaired) electrons. The lowest BCUT2D eigenvalue weighted by molar-refractivity contribution is -0.245. The van der Waals surface area contributed by atoms with Crippen LogP contribution in [0.5, 0.6) is 5.75 Å². The van der Waals surface area contributed by atoms with Gasteiger partial charge < -0.3 is 35.7 Å². The zero-order valence-electron chi connectivity index (χ0n) is 29.7. The minimum Gasteiger partial charge on any atom is -0.496 e. The zero-order valence-corrected chi connectivity index (χ0v) is 30.5. The Labute approximate surface area is 314 Å². The second-order valence-corrected chi connectivity index (χ2v) is 14.0. The van der Waals surface area contributed by atoms with Gasteiger partial charge in [-0.25, -0.2) is 0 Å². The number of para-hydroxylation sites is 3. The summed E-state index contributed by atoms with van der Waals surface area (Å²) in [5, 5.41) is 15.3. The zero-order chi connectivity index (χ0) is 37.0. The number of carbonyl (C=O) groups excluding carboxylic acids is 2. The fourth-order valence-corrected chi connectivity index (χ4v) is 7.21. The van der Waals surface area contributed by atoms with E-state index in [-0.39, 0.29) is 43.5 Å². The van der Waals surface area contributed by atoms with E-state index in [1.165, 1.54) is 0 Å². The smallest absolute Gasteiger partial charge is 0.224 e. The summed E-state index contributed by atoms with van der Waals surface area (Å²) in [5.41, 5.74) is 12.8. The van der Waals surface area contributed by atoms with Crippen LogP contribution in [0.25, 0.3) is 11.1 Å². The van der Waals surface area contributed by atoms with E-state index in [1.807, 2.05) is 78.9 Å². The number of thioether (sulfide) groups is 1. The van der Waals surface area contributed by atoms with Crippen molar-refractivity contribution in [1.82, 2.24) is 5.32 Å². The summed E-state index contributed by atoms with van der Waals surface area (Å²) in [6.07, 6.45) is 0.781. The largest absolute Gasteiger partial charge is 0.496 e. The first kappa shape index (κ1) is 37.6. The minimum atomic E-state index is -0.562. The normalized spacial score (nSPS) is 16.8. The first-order valence-corrected chi connectivity index (χ1v) is 18.7. The number of nitrogen functional groups attached to an aromatic ring is 1. The van der Waals surface area contributed by atoms with Gasteiger partial charge in [0.05, 0.1) is 37.3 Å². The summed E-state index contributed by atoms with van der Waals surface area (Å²) < 4.78 is 18.7. The molecule has 5 aromatic rings. The van der Waals surface area contributed by atoms with Gasteiger partial charge in [-0.15, -0.1) is 11.8 Å². The molecule has 1 aliphatic rings. The standard InChI is InChI=1S/C43H45N3O6S/c1-50-38-12-4-5-13-40(38)53-28-35-25-39(32-18-16-29(27-47)17-19-32)52-43(51-35)33-22-20-31(21-23-33)34-9-6-8-30(24-34)26-45-41(48)14-7-15-42(49)46-37-11-3-2-10-36(37)44/h2-6,8-13,16-24,35,39,43,47H,7,14-15,25-28,44H2,1H3,(H,45,48)(H,46,49)/t35-,39+,43+/m1/s1. The minimum absolute atomic E-state index is 0.00635. The van der Waals surface area contributed by atoms with Crippen molar-refractivity contribution in [2.24, 2.45) is 0 Å². The van der Waals surface area contributed by atoms with Crippen molar-refractivity contribution < 1.29 is 28.9 Å². The number of hydrogen-bond donors (Lipinski definition) is 4. The molecule has 53 heavy (non-hydrogen) atoms. The Balaban J connectivity index is 1.05. The maximum atomic E-state index is 12.6. The molecule has 9 nitrogen and oxygen atoms in total. The van der Waals surface area contributed by atoms with Crippen LogP contribution in [0.1, 0.15) is 60.3 Å². The molecule has 5 N–H and O–H groups in total. The van der Waals surface area contributed by atoms with E-state index in [0.717, 1.165) is 49.8 Å². The fourth-order valence-electron chi connectivity index (χ4n) is 6.16. The maximum absolute atomic E-state index is 12.6. The van der Waals surface area contributed by atoms with E-state index < -0.39 is 6.29 Å². The Bertz CT molecular complexity index is 1970. The number of rotatable bonds is 15. The van der Waals surface area contributed by atoms with Crippen molar-refractivity contribution in [3.05, 3.63) is 144 Å². The molecule has 0 bridgehead atoms. The topological polar surface area (TPSA) is 132 Å². The molecule has 3 atom stereocenters. The van der Waals surface area contributed by atoms with E-state index in [2.05, 4.69) is 34.9 Å². The van der Waals surface area contributed by atoms with Crippen LogP contribution in [-0.4, -0.2) is 35.9 Å². The molecule has 0 saturated carbocycles. The molecule has 0 aromatic heterocycles. The van der Waals surface area contributed by atoms with Crippen LogP contribution in [0, 0.1) is 0 Å². The van der Waals surface area contributed by atoms with E-state index in [9.17, 15) is 14.7 Å². The third-order valence-electron chi connectivity index (χ3n) is 9.08. The molecule has 0 aliphatic carbocycles. The van der Waals surface area contributed by atoms with Crippen LogP contribution in [0.2, 0.25) is 0 Å². The van der Waals surface area contributed by atoms with Gasteiger partial charge in [0.2, 0.25) is 11.8 Å². The van der Waals surface area contributed by atoms with Crippen molar-refractivity contribution >= 4 is 35.0 Å². The van der Waals surface area contributed by atoms with Crippen molar-refractivity contribution in [1.29, 1.82) is 0 Å². The highest BCUT2D eigenvalue weighted by atomic mass is 32.2. The van der Waals surface area contributed by atoms with Crippen molar-refractivity contribution in [2.75, 3.05) is 23.9 Å². The van der Waals surface area contributed by atoms with Gasteiger partial charge in [0.25, 0.3) is 0 Å². The fraction of sp³-hybridized carbons (Fsp3) is 0.256.